The molecule has 4 aromatic rings. The first-order valence-corrected chi connectivity index (χ1v) is 11.0. The summed E-state index contributed by atoms with van der Waals surface area (Å²) in [7, 11) is 0. The van der Waals surface area contributed by atoms with E-state index in [1.807, 2.05) is 24.3 Å². The first-order valence-electron chi connectivity index (χ1n) is 9.50. The van der Waals surface area contributed by atoms with Gasteiger partial charge in [0.05, 0.1) is 17.0 Å². The third kappa shape index (κ3) is 3.47. The minimum Gasteiger partial charge on any atom is -0.450 e. The third-order valence-corrected chi connectivity index (χ3v) is 6.49. The zero-order valence-electron chi connectivity index (χ0n) is 15.9. The average molecular weight is 515 g/mol. The maximum absolute atomic E-state index is 13.5. The molecule has 0 bridgehead atoms. The molecule has 1 aliphatic heterocycles. The molecule has 1 aromatic heterocycles. The Morgan fingerprint density at radius 1 is 0.968 bits per heavy atom. The van der Waals surface area contributed by atoms with E-state index in [0.29, 0.717) is 26.6 Å². The van der Waals surface area contributed by atoms with Crippen molar-refractivity contribution in [3.8, 4) is 0 Å². The number of fused-ring (bicyclic) bond motifs is 2. The van der Waals surface area contributed by atoms with Crippen LogP contribution in [-0.2, 0) is 6.54 Å². The van der Waals surface area contributed by atoms with Gasteiger partial charge < -0.3 is 9.32 Å². The molecule has 0 radical (unpaired) electrons. The van der Waals surface area contributed by atoms with E-state index in [4.69, 9.17) is 27.6 Å². The van der Waals surface area contributed by atoms with E-state index in [0.717, 1.165) is 15.6 Å². The summed E-state index contributed by atoms with van der Waals surface area (Å²) in [6.07, 6.45) is 0. The number of carbonyl (C=O) groups is 1. The Hall–Kier alpha value is -2.60. The van der Waals surface area contributed by atoms with E-state index < -0.39 is 6.04 Å². The van der Waals surface area contributed by atoms with Crippen molar-refractivity contribution in [1.29, 1.82) is 0 Å². The van der Waals surface area contributed by atoms with Crippen LogP contribution in [0.4, 0.5) is 0 Å². The molecule has 4 nitrogen and oxygen atoms in total. The Morgan fingerprint density at radius 2 is 1.77 bits per heavy atom. The van der Waals surface area contributed by atoms with Crippen molar-refractivity contribution in [3.63, 3.8) is 0 Å². The number of nitrogens with zero attached hydrogens (tertiary/aromatic N) is 1. The maximum Gasteiger partial charge on any atom is 0.291 e. The number of carbonyl (C=O) groups excluding carboxylic acids is 1. The van der Waals surface area contributed by atoms with Crippen molar-refractivity contribution >= 4 is 56.0 Å². The summed E-state index contributed by atoms with van der Waals surface area (Å²) in [5, 5.41) is 1.47. The molecule has 1 unspecified atom stereocenters. The lowest BCUT2D eigenvalue weighted by Gasteiger charge is -2.25. The van der Waals surface area contributed by atoms with Gasteiger partial charge in [0.25, 0.3) is 5.91 Å². The third-order valence-electron chi connectivity index (χ3n) is 5.39. The van der Waals surface area contributed by atoms with Crippen molar-refractivity contribution in [2.75, 3.05) is 0 Å². The SMILES string of the molecule is O=C1c2oc3ccc(Br)cc3c(=O)c2C(c2cccc(Cl)c2)N1Cc1ccccc1Cl. The van der Waals surface area contributed by atoms with Gasteiger partial charge in [0.15, 0.2) is 5.43 Å². The summed E-state index contributed by atoms with van der Waals surface area (Å²) in [5.74, 6) is -0.307. The molecular weight excluding hydrogens is 501 g/mol. The number of benzene rings is 3. The Kier molecular flexibility index (Phi) is 5.13. The molecule has 7 heteroatoms. The van der Waals surface area contributed by atoms with Gasteiger partial charge in [-0.1, -0.05) is 69.5 Å². The lowest BCUT2D eigenvalue weighted by atomic mass is 9.98. The van der Waals surface area contributed by atoms with Gasteiger partial charge in [-0.25, -0.2) is 0 Å². The topological polar surface area (TPSA) is 50.5 Å². The highest BCUT2D eigenvalue weighted by molar-refractivity contribution is 9.10. The average Bonchev–Trinajstić information content (AvgIpc) is 3.02. The van der Waals surface area contributed by atoms with E-state index in [9.17, 15) is 9.59 Å². The number of hydrogen-bond acceptors (Lipinski definition) is 3. The van der Waals surface area contributed by atoms with Gasteiger partial charge in [-0.3, -0.25) is 9.59 Å². The Labute approximate surface area is 196 Å². The smallest absolute Gasteiger partial charge is 0.291 e. The van der Waals surface area contributed by atoms with Crippen LogP contribution in [0.5, 0.6) is 0 Å². The summed E-state index contributed by atoms with van der Waals surface area (Å²) in [6, 6.07) is 19.0. The Morgan fingerprint density at radius 3 is 2.55 bits per heavy atom. The zero-order valence-corrected chi connectivity index (χ0v) is 19.0. The summed E-state index contributed by atoms with van der Waals surface area (Å²) >= 11 is 16.0. The molecule has 2 heterocycles. The molecule has 0 saturated heterocycles. The zero-order chi connectivity index (χ0) is 21.7. The normalized spacial score (nSPS) is 15.5. The quantitative estimate of drug-likeness (QED) is 0.309. The molecule has 31 heavy (non-hydrogen) atoms. The molecule has 0 N–H and O–H groups in total. The van der Waals surface area contributed by atoms with Gasteiger partial charge in [0, 0.05) is 21.1 Å². The molecule has 1 aliphatic rings. The van der Waals surface area contributed by atoms with Gasteiger partial charge in [0.1, 0.15) is 5.58 Å². The second-order valence-corrected chi connectivity index (χ2v) is 9.06. The fourth-order valence-electron chi connectivity index (χ4n) is 3.99. The van der Waals surface area contributed by atoms with E-state index in [1.54, 1.807) is 47.4 Å². The van der Waals surface area contributed by atoms with Crippen molar-refractivity contribution in [3.05, 3.63) is 114 Å². The lowest BCUT2D eigenvalue weighted by Crippen LogP contribution is -2.29. The van der Waals surface area contributed by atoms with E-state index in [2.05, 4.69) is 15.9 Å². The van der Waals surface area contributed by atoms with Crippen LogP contribution in [0.1, 0.15) is 33.3 Å². The van der Waals surface area contributed by atoms with Crippen LogP contribution in [0, 0.1) is 0 Å². The fraction of sp³-hybridized carbons (Fsp3) is 0.0833. The largest absolute Gasteiger partial charge is 0.450 e. The Bertz CT molecular complexity index is 1420. The van der Waals surface area contributed by atoms with Crippen LogP contribution in [0.15, 0.2) is 80.4 Å². The van der Waals surface area contributed by atoms with E-state index >= 15 is 0 Å². The highest BCUT2D eigenvalue weighted by Gasteiger charge is 2.43. The van der Waals surface area contributed by atoms with Crippen molar-refractivity contribution in [2.24, 2.45) is 0 Å². The van der Waals surface area contributed by atoms with Crippen LogP contribution < -0.4 is 5.43 Å². The summed E-state index contributed by atoms with van der Waals surface area (Å²) < 4.78 is 6.71. The number of hydrogen-bond donors (Lipinski definition) is 0. The molecule has 0 saturated carbocycles. The van der Waals surface area contributed by atoms with Crippen LogP contribution in [0.3, 0.4) is 0 Å². The van der Waals surface area contributed by atoms with Crippen LogP contribution in [-0.4, -0.2) is 10.8 Å². The number of amides is 1. The van der Waals surface area contributed by atoms with Crippen molar-refractivity contribution in [1.82, 2.24) is 4.90 Å². The summed E-state index contributed by atoms with van der Waals surface area (Å²) in [4.78, 5) is 28.6. The monoisotopic (exact) mass is 513 g/mol. The minimum atomic E-state index is -0.642. The van der Waals surface area contributed by atoms with E-state index in [-0.39, 0.29) is 23.6 Å². The molecule has 5 rings (SSSR count). The molecule has 1 amide bonds. The highest BCUT2D eigenvalue weighted by atomic mass is 79.9. The first-order chi connectivity index (χ1) is 14.9. The van der Waals surface area contributed by atoms with Crippen molar-refractivity contribution < 1.29 is 9.21 Å². The molecule has 0 aliphatic carbocycles. The fourth-order valence-corrected chi connectivity index (χ4v) is 4.74. The highest BCUT2D eigenvalue weighted by Crippen LogP contribution is 2.40. The van der Waals surface area contributed by atoms with Gasteiger partial charge in [-0.15, -0.1) is 0 Å². The minimum absolute atomic E-state index is 0.0526. The van der Waals surface area contributed by atoms with Crippen molar-refractivity contribution in [2.45, 2.75) is 12.6 Å². The molecule has 0 fully saturated rings. The first kappa shape index (κ1) is 20.3. The van der Waals surface area contributed by atoms with Crippen LogP contribution >= 0.6 is 39.1 Å². The Balaban J connectivity index is 1.75. The lowest BCUT2D eigenvalue weighted by molar-refractivity contribution is 0.0714. The molecular formula is C24H14BrCl2NO3. The van der Waals surface area contributed by atoms with E-state index in [1.165, 1.54) is 0 Å². The summed E-state index contributed by atoms with van der Waals surface area (Å²) in [5.41, 5.74) is 1.94. The van der Waals surface area contributed by atoms with Gasteiger partial charge in [-0.05, 0) is 47.5 Å². The second kappa shape index (κ2) is 7.83. The standard InChI is InChI=1S/C24H14BrCl2NO3/c25-15-8-9-19-17(11-15)22(29)20-21(13-5-3-6-16(26)10-13)28(24(30)23(20)31-19)12-14-4-1-2-7-18(14)27/h1-11,21H,12H2. The molecule has 0 spiro atoms. The summed E-state index contributed by atoms with van der Waals surface area (Å²) in [6.45, 7) is 0.222. The molecule has 154 valence electrons. The maximum atomic E-state index is 13.5. The predicted molar refractivity (Wildman–Crippen MR) is 125 cm³/mol. The molecule has 3 aromatic carbocycles. The number of halogens is 3. The molecule has 1 atom stereocenters. The van der Waals surface area contributed by atoms with Crippen LogP contribution in [0.25, 0.3) is 11.0 Å². The van der Waals surface area contributed by atoms with Gasteiger partial charge in [0.2, 0.25) is 5.76 Å². The number of rotatable bonds is 3. The van der Waals surface area contributed by atoms with Gasteiger partial charge in [-0.2, -0.15) is 0 Å². The van der Waals surface area contributed by atoms with Crippen LogP contribution in [0.2, 0.25) is 10.0 Å². The predicted octanol–water partition coefficient (Wildman–Crippen LogP) is 6.61. The second-order valence-electron chi connectivity index (χ2n) is 7.30. The van der Waals surface area contributed by atoms with Gasteiger partial charge >= 0.3 is 0 Å².